The third kappa shape index (κ3) is 3.80. The van der Waals surface area contributed by atoms with Gasteiger partial charge in [0, 0.05) is 12.1 Å². The van der Waals surface area contributed by atoms with E-state index in [1.165, 1.54) is 19.1 Å². The summed E-state index contributed by atoms with van der Waals surface area (Å²) in [6.07, 6.45) is 0.792. The zero-order valence-electron chi connectivity index (χ0n) is 12.3. The molecule has 0 aliphatic rings. The Morgan fingerprint density at radius 3 is 2.38 bits per heavy atom. The van der Waals surface area contributed by atoms with Crippen molar-refractivity contribution >= 4 is 17.6 Å². The van der Waals surface area contributed by atoms with E-state index in [-0.39, 0.29) is 5.56 Å². The largest absolute Gasteiger partial charge is 0.619 e. The van der Waals surface area contributed by atoms with Gasteiger partial charge >= 0.3 is 5.97 Å². The molecule has 1 heterocycles. The van der Waals surface area contributed by atoms with Crippen LogP contribution in [0.2, 0.25) is 0 Å². The zero-order chi connectivity index (χ0) is 17.9. The van der Waals surface area contributed by atoms with Crippen LogP contribution in [0.1, 0.15) is 17.3 Å². The fourth-order valence-corrected chi connectivity index (χ4v) is 1.69. The first kappa shape index (κ1) is 17.3. The lowest BCUT2D eigenvalue weighted by atomic mass is 10.2. The molecular weight excluding hydrogens is 329 g/mol. The van der Waals surface area contributed by atoms with Crippen LogP contribution in [0.15, 0.2) is 36.7 Å². The van der Waals surface area contributed by atoms with E-state index >= 15 is 0 Å². The van der Waals surface area contributed by atoms with Crippen LogP contribution in [-0.4, -0.2) is 18.0 Å². The Morgan fingerprint density at radius 1 is 1.12 bits per heavy atom. The normalized spacial score (nSPS) is 11.7. The van der Waals surface area contributed by atoms with Crippen molar-refractivity contribution in [3.05, 3.63) is 64.9 Å². The molecule has 0 radical (unpaired) electrons. The van der Waals surface area contributed by atoms with Gasteiger partial charge in [-0.3, -0.25) is 4.79 Å². The molecule has 0 saturated carbocycles. The molecule has 1 aromatic carbocycles. The second kappa shape index (κ2) is 6.99. The van der Waals surface area contributed by atoms with Crippen LogP contribution in [0.25, 0.3) is 0 Å². The zero-order valence-corrected chi connectivity index (χ0v) is 12.3. The minimum absolute atomic E-state index is 0.0285. The van der Waals surface area contributed by atoms with Gasteiger partial charge in [-0.1, -0.05) is 0 Å². The molecule has 2 rings (SSSR count). The van der Waals surface area contributed by atoms with Crippen molar-refractivity contribution in [2.24, 2.45) is 0 Å². The molecule has 0 fully saturated rings. The molecule has 0 aliphatic carbocycles. The van der Waals surface area contributed by atoms with Crippen molar-refractivity contribution in [3.63, 3.8) is 0 Å². The number of anilines is 1. The first-order valence-electron chi connectivity index (χ1n) is 6.63. The SMILES string of the molecule is C[C@@H](OC(=O)c1cc[n+]([O-])cc1)C(=O)Nc1ccc(F)c(F)c1F. The van der Waals surface area contributed by atoms with Gasteiger partial charge in [0.15, 0.2) is 35.9 Å². The quantitative estimate of drug-likeness (QED) is 0.399. The number of benzene rings is 1. The van der Waals surface area contributed by atoms with Crippen LogP contribution < -0.4 is 10.0 Å². The molecule has 2 aromatic rings. The molecule has 1 amide bonds. The van der Waals surface area contributed by atoms with E-state index in [0.29, 0.717) is 10.8 Å². The van der Waals surface area contributed by atoms with E-state index in [1.54, 1.807) is 0 Å². The van der Waals surface area contributed by atoms with E-state index in [4.69, 9.17) is 4.74 Å². The van der Waals surface area contributed by atoms with Crippen molar-refractivity contribution in [1.82, 2.24) is 0 Å². The predicted molar refractivity (Wildman–Crippen MR) is 75.2 cm³/mol. The standard InChI is InChI=1S/C15H11F3N2O4/c1-8(24-15(22)9-4-6-20(23)7-5-9)14(21)19-11-3-2-10(16)12(17)13(11)18/h2-8H,1H3,(H,19,21)/t8-/m1/s1. The van der Waals surface area contributed by atoms with E-state index in [0.717, 1.165) is 18.5 Å². The number of hydrogen-bond acceptors (Lipinski definition) is 4. The summed E-state index contributed by atoms with van der Waals surface area (Å²) < 4.78 is 44.7. The number of rotatable bonds is 4. The summed E-state index contributed by atoms with van der Waals surface area (Å²) in [6.45, 7) is 1.21. The molecule has 0 unspecified atom stereocenters. The molecule has 1 N–H and O–H groups in total. The minimum Gasteiger partial charge on any atom is -0.619 e. The minimum atomic E-state index is -1.73. The Kier molecular flexibility index (Phi) is 5.02. The molecule has 24 heavy (non-hydrogen) atoms. The molecule has 9 heteroatoms. The third-order valence-electron chi connectivity index (χ3n) is 2.98. The monoisotopic (exact) mass is 340 g/mol. The lowest BCUT2D eigenvalue weighted by Gasteiger charge is -2.14. The van der Waals surface area contributed by atoms with E-state index in [2.05, 4.69) is 0 Å². The molecule has 6 nitrogen and oxygen atoms in total. The Bertz CT molecular complexity index is 781. The van der Waals surface area contributed by atoms with Gasteiger partial charge in [0.05, 0.1) is 11.3 Å². The molecule has 1 atom stereocenters. The molecule has 0 aliphatic heterocycles. The summed E-state index contributed by atoms with van der Waals surface area (Å²) in [4.78, 5) is 23.6. The molecular formula is C15H11F3N2O4. The highest BCUT2D eigenvalue weighted by molar-refractivity contribution is 5.97. The maximum Gasteiger partial charge on any atom is 0.339 e. The van der Waals surface area contributed by atoms with Gasteiger partial charge in [0.2, 0.25) is 0 Å². The number of pyridine rings is 1. The Morgan fingerprint density at radius 2 is 1.75 bits per heavy atom. The fraction of sp³-hybridized carbons (Fsp3) is 0.133. The molecule has 1 aromatic heterocycles. The number of carbonyl (C=O) groups excluding carboxylic acids is 2. The van der Waals surface area contributed by atoms with E-state index in [1.807, 2.05) is 5.32 Å². The summed E-state index contributed by atoms with van der Waals surface area (Å²) in [7, 11) is 0. The van der Waals surface area contributed by atoms with Crippen LogP contribution in [0.3, 0.4) is 0 Å². The molecule has 0 bridgehead atoms. The van der Waals surface area contributed by atoms with Crippen LogP contribution >= 0.6 is 0 Å². The van der Waals surface area contributed by atoms with E-state index < -0.39 is 41.1 Å². The lowest BCUT2D eigenvalue weighted by molar-refractivity contribution is -0.605. The summed E-state index contributed by atoms with van der Waals surface area (Å²) in [5, 5.41) is 12.9. The number of amides is 1. The molecule has 0 spiro atoms. The summed E-state index contributed by atoms with van der Waals surface area (Å²) in [5.41, 5.74) is -0.560. The molecule has 0 saturated heterocycles. The first-order valence-corrected chi connectivity index (χ1v) is 6.63. The van der Waals surface area contributed by atoms with Gasteiger partial charge in [0.25, 0.3) is 5.91 Å². The second-order valence-electron chi connectivity index (χ2n) is 4.71. The first-order chi connectivity index (χ1) is 11.3. The van der Waals surface area contributed by atoms with E-state index in [9.17, 15) is 28.0 Å². The van der Waals surface area contributed by atoms with Gasteiger partial charge in [-0.25, -0.2) is 18.0 Å². The predicted octanol–water partition coefficient (Wildman–Crippen LogP) is 1.92. The second-order valence-corrected chi connectivity index (χ2v) is 4.71. The Hall–Kier alpha value is -3.10. The van der Waals surface area contributed by atoms with Crippen molar-refractivity contribution in [1.29, 1.82) is 0 Å². The van der Waals surface area contributed by atoms with Crippen molar-refractivity contribution in [2.45, 2.75) is 13.0 Å². The number of aromatic nitrogens is 1. The number of nitrogens with zero attached hydrogens (tertiary/aromatic N) is 1. The number of hydrogen-bond donors (Lipinski definition) is 1. The highest BCUT2D eigenvalue weighted by Gasteiger charge is 2.22. The van der Waals surface area contributed by atoms with Gasteiger partial charge in [-0.05, 0) is 19.1 Å². The summed E-state index contributed by atoms with van der Waals surface area (Å²) >= 11 is 0. The lowest BCUT2D eigenvalue weighted by Crippen LogP contribution is -2.31. The van der Waals surface area contributed by atoms with Crippen LogP contribution in [0.4, 0.5) is 18.9 Å². The maximum atomic E-state index is 13.5. The third-order valence-corrected chi connectivity index (χ3v) is 2.98. The average Bonchev–Trinajstić information content (AvgIpc) is 2.55. The van der Waals surface area contributed by atoms with Crippen molar-refractivity contribution < 1.29 is 32.2 Å². The topological polar surface area (TPSA) is 82.3 Å². The van der Waals surface area contributed by atoms with Crippen LogP contribution in [0.5, 0.6) is 0 Å². The van der Waals surface area contributed by atoms with Crippen LogP contribution in [0, 0.1) is 22.7 Å². The highest BCUT2D eigenvalue weighted by atomic mass is 19.2. The number of esters is 1. The number of halogens is 3. The van der Waals surface area contributed by atoms with Gasteiger partial charge < -0.3 is 15.3 Å². The van der Waals surface area contributed by atoms with Gasteiger partial charge in [-0.15, -0.1) is 0 Å². The Labute approximate surface area is 134 Å². The highest BCUT2D eigenvalue weighted by Crippen LogP contribution is 2.20. The maximum absolute atomic E-state index is 13.5. The van der Waals surface area contributed by atoms with Gasteiger partial charge in [-0.2, -0.15) is 4.73 Å². The average molecular weight is 340 g/mol. The summed E-state index contributed by atoms with van der Waals surface area (Å²) in [6, 6.07) is 3.86. The van der Waals surface area contributed by atoms with Crippen molar-refractivity contribution in [3.8, 4) is 0 Å². The molecule has 126 valence electrons. The smallest absolute Gasteiger partial charge is 0.339 e. The Balaban J connectivity index is 2.03. The van der Waals surface area contributed by atoms with Crippen LogP contribution in [-0.2, 0) is 9.53 Å². The summed E-state index contributed by atoms with van der Waals surface area (Å²) in [5.74, 6) is -6.52. The fourth-order valence-electron chi connectivity index (χ4n) is 1.69. The van der Waals surface area contributed by atoms with Crippen molar-refractivity contribution in [2.75, 3.05) is 5.32 Å². The number of nitrogens with one attached hydrogen (secondary N) is 1. The number of ether oxygens (including phenoxy) is 1. The van der Waals surface area contributed by atoms with Gasteiger partial charge in [0.1, 0.15) is 0 Å². The number of carbonyl (C=O) groups is 2.